The van der Waals surface area contributed by atoms with Crippen LogP contribution in [0.1, 0.15) is 51.9 Å². The molecule has 0 heterocycles. The van der Waals surface area contributed by atoms with E-state index in [0.717, 1.165) is 0 Å². The van der Waals surface area contributed by atoms with Crippen LogP contribution < -0.4 is 0 Å². The summed E-state index contributed by atoms with van der Waals surface area (Å²) < 4.78 is 1.55. The Morgan fingerprint density at radius 1 is 1.00 bits per heavy atom. The summed E-state index contributed by atoms with van der Waals surface area (Å²) in [5, 5.41) is 0. The van der Waals surface area contributed by atoms with Crippen LogP contribution in [0.3, 0.4) is 0 Å². The fourth-order valence-electron chi connectivity index (χ4n) is 1.35. The smallest absolute Gasteiger partial charge is 0.301 e. The Morgan fingerprint density at radius 2 is 1.69 bits per heavy atom. The van der Waals surface area contributed by atoms with E-state index < -0.39 is 0 Å². The van der Waals surface area contributed by atoms with E-state index in [9.17, 15) is 0 Å². The first-order valence-corrected chi connectivity index (χ1v) is 11.7. The quantitative estimate of drug-likeness (QED) is 0.249. The first-order chi connectivity index (χ1) is 6.41. The predicted octanol–water partition coefficient (Wildman–Crippen LogP) is 4.77. The van der Waals surface area contributed by atoms with Crippen LogP contribution in [-0.2, 0) is 0 Å². The maximum atomic E-state index is 2.60. The van der Waals surface area contributed by atoms with E-state index in [1.165, 1.54) is 44.9 Å². The summed E-state index contributed by atoms with van der Waals surface area (Å²) >= 11 is 2.92. The lowest BCUT2D eigenvalue weighted by molar-refractivity contribution is 0.637. The van der Waals surface area contributed by atoms with Crippen molar-refractivity contribution in [3.63, 3.8) is 0 Å². The zero-order valence-electron chi connectivity index (χ0n) is 8.90. The lowest BCUT2D eigenvalue weighted by Gasteiger charge is -1.98. The van der Waals surface area contributed by atoms with Crippen molar-refractivity contribution in [1.29, 1.82) is 0 Å². The predicted molar refractivity (Wildman–Crippen MR) is 71.7 cm³/mol. The summed E-state index contributed by atoms with van der Waals surface area (Å²) in [4.78, 5) is 0. The Labute approximate surface area is 103 Å². The third-order valence-corrected chi connectivity index (χ3v) is 5.21. The third-order valence-electron chi connectivity index (χ3n) is 2.16. The van der Waals surface area contributed by atoms with E-state index in [1.807, 2.05) is 0 Å². The summed E-state index contributed by atoms with van der Waals surface area (Å²) in [5.74, 6) is 0. The molecule has 0 aliphatic rings. The van der Waals surface area contributed by atoms with E-state index in [4.69, 9.17) is 0 Å². The molecular formula is C11H21IMg. The van der Waals surface area contributed by atoms with Crippen molar-refractivity contribution in [2.45, 2.75) is 56.4 Å². The minimum Gasteiger partial charge on any atom is -0.301 e. The van der Waals surface area contributed by atoms with Crippen LogP contribution in [-0.4, -0.2) is 16.5 Å². The van der Waals surface area contributed by atoms with Gasteiger partial charge >= 0.3 is 16.5 Å². The van der Waals surface area contributed by atoms with E-state index in [-0.39, 0.29) is 0 Å². The van der Waals surface area contributed by atoms with Crippen LogP contribution in [0.15, 0.2) is 12.2 Å². The van der Waals surface area contributed by atoms with E-state index in [2.05, 4.69) is 37.9 Å². The van der Waals surface area contributed by atoms with Crippen LogP contribution in [0.2, 0.25) is 4.55 Å². The van der Waals surface area contributed by atoms with Gasteiger partial charge in [0.15, 0.2) is 0 Å². The minimum atomic E-state index is 0.322. The van der Waals surface area contributed by atoms with Gasteiger partial charge in [-0.15, -0.1) is 4.55 Å². The molecule has 0 atom stereocenters. The molecule has 0 nitrogen and oxygen atoms in total. The summed E-state index contributed by atoms with van der Waals surface area (Å²) in [7, 11) is 0. The van der Waals surface area contributed by atoms with E-state index in [1.54, 1.807) is 4.55 Å². The van der Waals surface area contributed by atoms with Gasteiger partial charge in [-0.25, -0.2) is 0 Å². The number of hydrogen-bond donors (Lipinski definition) is 0. The third kappa shape index (κ3) is 13.2. The molecule has 0 unspecified atom stereocenters. The molecule has 13 heavy (non-hydrogen) atoms. The first kappa shape index (κ1) is 14.2. The monoisotopic (exact) mass is 304 g/mol. The molecule has 0 N–H and O–H groups in total. The summed E-state index contributed by atoms with van der Waals surface area (Å²) in [6.45, 7) is 2.20. The molecule has 0 saturated carbocycles. The van der Waals surface area contributed by atoms with Crippen molar-refractivity contribution >= 4 is 35.3 Å². The minimum absolute atomic E-state index is 0.322. The molecule has 0 saturated heterocycles. The largest absolute Gasteiger partial charge is 0.463 e. The SMILES string of the molecule is CC/C=C\CCCCCC[CH2][Mg][I]. The van der Waals surface area contributed by atoms with Gasteiger partial charge in [-0.05, 0) is 19.3 Å². The van der Waals surface area contributed by atoms with Crippen LogP contribution in [0.4, 0.5) is 0 Å². The number of unbranched alkanes of at least 4 members (excludes halogenated alkanes) is 5. The standard InChI is InChI=1S/C11H21.HI.Mg/c1-3-5-7-9-11-10-8-6-4-2;;/h6,8H,1,3-5,7,9-11H2,2H3;1H;/q;;+1/p-1/b8-6-;;. The lowest BCUT2D eigenvalue weighted by Crippen LogP contribution is -1.80. The van der Waals surface area contributed by atoms with Gasteiger partial charge in [-0.1, -0.05) is 44.8 Å². The van der Waals surface area contributed by atoms with Crippen LogP contribution in [0.25, 0.3) is 0 Å². The molecule has 0 aromatic rings. The van der Waals surface area contributed by atoms with Gasteiger partial charge in [-0.3, -0.25) is 0 Å². The molecule has 0 spiro atoms. The molecule has 0 aromatic heterocycles. The van der Waals surface area contributed by atoms with Crippen molar-refractivity contribution in [2.75, 3.05) is 0 Å². The van der Waals surface area contributed by atoms with Crippen molar-refractivity contribution in [3.05, 3.63) is 12.2 Å². The average Bonchev–Trinajstić information content (AvgIpc) is 2.16. The van der Waals surface area contributed by atoms with E-state index >= 15 is 0 Å². The zero-order chi connectivity index (χ0) is 9.78. The second-order valence-corrected chi connectivity index (χ2v) is 7.80. The molecule has 0 fully saturated rings. The maximum Gasteiger partial charge on any atom is 0.463 e. The molecule has 0 aliphatic carbocycles. The van der Waals surface area contributed by atoms with Gasteiger partial charge < -0.3 is 18.9 Å². The molecule has 74 valence electrons. The normalized spacial score (nSPS) is 10.6. The van der Waals surface area contributed by atoms with Crippen molar-refractivity contribution in [1.82, 2.24) is 0 Å². The first-order valence-electron chi connectivity index (χ1n) is 5.62. The van der Waals surface area contributed by atoms with Gasteiger partial charge in [-0.2, -0.15) is 0 Å². The fraction of sp³-hybridized carbons (Fsp3) is 0.818. The number of allylic oxidation sites excluding steroid dienone is 2. The van der Waals surface area contributed by atoms with Crippen LogP contribution in [0, 0.1) is 0 Å². The van der Waals surface area contributed by atoms with Crippen LogP contribution in [0.5, 0.6) is 0 Å². The number of rotatable bonds is 9. The highest BCUT2D eigenvalue weighted by Crippen LogP contribution is 2.08. The number of halogens is 1. The van der Waals surface area contributed by atoms with Crippen molar-refractivity contribution in [2.24, 2.45) is 0 Å². The highest BCUT2D eigenvalue weighted by molar-refractivity contribution is 14.1. The molecule has 0 rings (SSSR count). The molecule has 0 aromatic carbocycles. The second kappa shape index (κ2) is 13.2. The molecule has 0 bridgehead atoms. The Hall–Kier alpha value is 1.24. The van der Waals surface area contributed by atoms with Gasteiger partial charge in [0.25, 0.3) is 0 Å². The highest BCUT2D eigenvalue weighted by Gasteiger charge is 1.91. The summed E-state index contributed by atoms with van der Waals surface area (Å²) in [6.07, 6.45) is 14.4. The topological polar surface area (TPSA) is 0 Å². The molecule has 0 amide bonds. The molecule has 0 radical (unpaired) electrons. The Bertz CT molecular complexity index is 113. The average molecular weight is 304 g/mol. The van der Waals surface area contributed by atoms with Gasteiger partial charge in [0, 0.05) is 0 Å². The van der Waals surface area contributed by atoms with Crippen molar-refractivity contribution < 1.29 is 0 Å². The van der Waals surface area contributed by atoms with Gasteiger partial charge in [0.05, 0.1) is 0 Å². The van der Waals surface area contributed by atoms with Gasteiger partial charge in [0.2, 0.25) is 0 Å². The van der Waals surface area contributed by atoms with Gasteiger partial charge in [0.1, 0.15) is 0 Å². The van der Waals surface area contributed by atoms with Crippen LogP contribution >= 0.6 is 18.9 Å². The highest BCUT2D eigenvalue weighted by atomic mass is 127. The number of hydrogen-bond acceptors (Lipinski definition) is 0. The Balaban J connectivity index is 2.87. The maximum absolute atomic E-state index is 2.60. The summed E-state index contributed by atoms with van der Waals surface area (Å²) in [5.41, 5.74) is 0. The second-order valence-electron chi connectivity index (χ2n) is 3.48. The molecule has 0 aliphatic heterocycles. The lowest BCUT2D eigenvalue weighted by atomic mass is 10.1. The molecular weight excluding hydrogens is 283 g/mol. The zero-order valence-corrected chi connectivity index (χ0v) is 12.5. The Morgan fingerprint density at radius 3 is 2.38 bits per heavy atom. The summed E-state index contributed by atoms with van der Waals surface area (Å²) in [6, 6.07) is 0. The van der Waals surface area contributed by atoms with Crippen molar-refractivity contribution in [3.8, 4) is 0 Å². The molecule has 2 heteroatoms. The van der Waals surface area contributed by atoms with E-state index in [0.29, 0.717) is 16.5 Å². The Kier molecular flexibility index (Phi) is 14.5. The fourth-order valence-corrected chi connectivity index (χ4v) is 3.51.